The van der Waals surface area contributed by atoms with Crippen molar-refractivity contribution in [2.45, 2.75) is 51.0 Å². The van der Waals surface area contributed by atoms with Gasteiger partial charge in [0.2, 0.25) is 0 Å². The van der Waals surface area contributed by atoms with Gasteiger partial charge in [0, 0.05) is 25.6 Å². The number of amidine groups is 1. The molecule has 18 heavy (non-hydrogen) atoms. The minimum Gasteiger partial charge on any atom is -0.409 e. The molecule has 0 heterocycles. The molecular formula is C13H28N4O. The Hall–Kier alpha value is -0.810. The highest BCUT2D eigenvalue weighted by Crippen LogP contribution is 2.21. The molecule has 1 aliphatic carbocycles. The van der Waals surface area contributed by atoms with E-state index in [9.17, 15) is 0 Å². The van der Waals surface area contributed by atoms with Gasteiger partial charge in [0.15, 0.2) is 0 Å². The molecule has 0 aromatic carbocycles. The number of nitrogens with zero attached hydrogens (tertiary/aromatic N) is 2. The Bertz CT molecular complexity index is 239. The van der Waals surface area contributed by atoms with Crippen molar-refractivity contribution < 1.29 is 5.21 Å². The summed E-state index contributed by atoms with van der Waals surface area (Å²) < 4.78 is 0. The lowest BCUT2D eigenvalue weighted by Gasteiger charge is -2.23. The fraction of sp³-hybridized carbons (Fsp3) is 0.923. The van der Waals surface area contributed by atoms with Crippen LogP contribution in [0.4, 0.5) is 0 Å². The summed E-state index contributed by atoms with van der Waals surface area (Å²) in [6.07, 6.45) is 8.27. The van der Waals surface area contributed by atoms with Gasteiger partial charge in [0.25, 0.3) is 0 Å². The average molecular weight is 256 g/mol. The van der Waals surface area contributed by atoms with Crippen molar-refractivity contribution in [2.75, 3.05) is 26.7 Å². The monoisotopic (exact) mass is 256 g/mol. The SMILES string of the molecule is CN(CCNCCCCC(N)=NO)C1CCCC1. The van der Waals surface area contributed by atoms with E-state index in [0.717, 1.165) is 38.5 Å². The van der Waals surface area contributed by atoms with Crippen LogP contribution in [0.5, 0.6) is 0 Å². The van der Waals surface area contributed by atoms with Gasteiger partial charge in [-0.1, -0.05) is 18.0 Å². The van der Waals surface area contributed by atoms with Gasteiger partial charge in [0.1, 0.15) is 5.84 Å². The van der Waals surface area contributed by atoms with Crippen LogP contribution in [0.3, 0.4) is 0 Å². The maximum absolute atomic E-state index is 8.38. The van der Waals surface area contributed by atoms with E-state index in [0.29, 0.717) is 12.3 Å². The van der Waals surface area contributed by atoms with Crippen LogP contribution >= 0.6 is 0 Å². The minimum absolute atomic E-state index is 0.330. The maximum atomic E-state index is 8.38. The second-order valence-electron chi connectivity index (χ2n) is 5.22. The standard InChI is InChI=1S/C13H28N4O/c1-17(12-6-2-3-7-12)11-10-15-9-5-4-8-13(14)16-18/h12,15,18H,2-11H2,1H3,(H2,14,16). The highest BCUT2D eigenvalue weighted by atomic mass is 16.4. The highest BCUT2D eigenvalue weighted by Gasteiger charge is 2.18. The fourth-order valence-corrected chi connectivity index (χ4v) is 2.51. The molecule has 106 valence electrons. The quantitative estimate of drug-likeness (QED) is 0.191. The number of nitrogens with one attached hydrogen (secondary N) is 1. The summed E-state index contributed by atoms with van der Waals surface area (Å²) in [5, 5.41) is 14.8. The zero-order valence-corrected chi connectivity index (χ0v) is 11.6. The third-order valence-electron chi connectivity index (χ3n) is 3.75. The van der Waals surface area contributed by atoms with Crippen LogP contribution in [0.15, 0.2) is 5.16 Å². The molecule has 0 unspecified atom stereocenters. The van der Waals surface area contributed by atoms with E-state index < -0.39 is 0 Å². The average Bonchev–Trinajstić information content (AvgIpc) is 2.91. The molecular weight excluding hydrogens is 228 g/mol. The summed E-state index contributed by atoms with van der Waals surface area (Å²) >= 11 is 0. The van der Waals surface area contributed by atoms with Gasteiger partial charge in [-0.3, -0.25) is 0 Å². The predicted octanol–water partition coefficient (Wildman–Crippen LogP) is 1.37. The molecule has 0 atom stereocenters. The fourth-order valence-electron chi connectivity index (χ4n) is 2.51. The summed E-state index contributed by atoms with van der Waals surface area (Å²) in [6, 6.07) is 0.812. The molecule has 0 saturated heterocycles. The number of rotatable bonds is 9. The van der Waals surface area contributed by atoms with Gasteiger partial charge < -0.3 is 21.2 Å². The van der Waals surface area contributed by atoms with Gasteiger partial charge in [-0.2, -0.15) is 0 Å². The lowest BCUT2D eigenvalue weighted by atomic mass is 10.2. The number of hydrogen-bond acceptors (Lipinski definition) is 4. The van der Waals surface area contributed by atoms with E-state index in [1.165, 1.54) is 25.7 Å². The molecule has 5 nitrogen and oxygen atoms in total. The Morgan fingerprint density at radius 3 is 2.72 bits per heavy atom. The molecule has 0 bridgehead atoms. The van der Waals surface area contributed by atoms with Crippen LogP contribution in [0, 0.1) is 0 Å². The number of nitrogens with two attached hydrogens (primary N) is 1. The molecule has 1 fully saturated rings. The molecule has 0 aliphatic heterocycles. The van der Waals surface area contributed by atoms with Gasteiger partial charge in [-0.15, -0.1) is 0 Å². The Labute approximate surface area is 110 Å². The Balaban J connectivity index is 1.89. The van der Waals surface area contributed by atoms with Crippen LogP contribution in [-0.4, -0.2) is 48.7 Å². The van der Waals surface area contributed by atoms with Gasteiger partial charge >= 0.3 is 0 Å². The first kappa shape index (κ1) is 15.2. The largest absolute Gasteiger partial charge is 0.409 e. The summed E-state index contributed by atoms with van der Waals surface area (Å²) in [6.45, 7) is 3.19. The smallest absolute Gasteiger partial charge is 0.139 e. The molecule has 0 spiro atoms. The molecule has 1 aliphatic rings. The molecule has 0 aromatic rings. The summed E-state index contributed by atoms with van der Waals surface area (Å²) in [5.74, 6) is 0.330. The highest BCUT2D eigenvalue weighted by molar-refractivity contribution is 5.79. The number of hydrogen-bond donors (Lipinski definition) is 3. The summed E-state index contributed by atoms with van der Waals surface area (Å²) in [7, 11) is 2.23. The van der Waals surface area contributed by atoms with E-state index >= 15 is 0 Å². The van der Waals surface area contributed by atoms with E-state index in [2.05, 4.69) is 22.4 Å². The van der Waals surface area contributed by atoms with Crippen LogP contribution in [0.25, 0.3) is 0 Å². The van der Waals surface area contributed by atoms with E-state index in [-0.39, 0.29) is 0 Å². The summed E-state index contributed by atoms with van der Waals surface area (Å²) in [5.41, 5.74) is 5.40. The second-order valence-corrected chi connectivity index (χ2v) is 5.22. The van der Waals surface area contributed by atoms with Crippen molar-refractivity contribution in [2.24, 2.45) is 10.9 Å². The third-order valence-corrected chi connectivity index (χ3v) is 3.75. The molecule has 1 saturated carbocycles. The van der Waals surface area contributed by atoms with Gasteiger partial charge in [-0.25, -0.2) is 0 Å². The van der Waals surface area contributed by atoms with Crippen LogP contribution in [0.2, 0.25) is 0 Å². The lowest BCUT2D eigenvalue weighted by Crippen LogP contribution is -2.35. The Morgan fingerprint density at radius 1 is 1.33 bits per heavy atom. The topological polar surface area (TPSA) is 73.9 Å². The normalized spacial score (nSPS) is 17.8. The molecule has 0 aromatic heterocycles. The second kappa shape index (κ2) is 9.16. The Kier molecular flexibility index (Phi) is 7.76. The number of likely N-dealkylation sites (N-methyl/N-ethyl adjacent to an activating group) is 1. The maximum Gasteiger partial charge on any atom is 0.139 e. The van der Waals surface area contributed by atoms with Crippen molar-refractivity contribution in [3.05, 3.63) is 0 Å². The van der Waals surface area contributed by atoms with E-state index in [1.807, 2.05) is 0 Å². The molecule has 4 N–H and O–H groups in total. The van der Waals surface area contributed by atoms with Gasteiger partial charge in [-0.05, 0) is 39.3 Å². The van der Waals surface area contributed by atoms with Crippen molar-refractivity contribution in [3.63, 3.8) is 0 Å². The predicted molar refractivity (Wildman–Crippen MR) is 75.0 cm³/mol. The van der Waals surface area contributed by atoms with Crippen molar-refractivity contribution in [3.8, 4) is 0 Å². The first-order valence-electron chi connectivity index (χ1n) is 7.11. The first-order valence-corrected chi connectivity index (χ1v) is 7.11. The van der Waals surface area contributed by atoms with Crippen LogP contribution in [-0.2, 0) is 0 Å². The van der Waals surface area contributed by atoms with Crippen molar-refractivity contribution in [1.82, 2.24) is 10.2 Å². The number of oxime groups is 1. The Morgan fingerprint density at radius 2 is 2.06 bits per heavy atom. The molecule has 5 heteroatoms. The molecule has 0 radical (unpaired) electrons. The third kappa shape index (κ3) is 6.21. The minimum atomic E-state index is 0.330. The molecule has 0 amide bonds. The number of unbranched alkanes of at least 4 members (excludes halogenated alkanes) is 1. The van der Waals surface area contributed by atoms with E-state index in [4.69, 9.17) is 10.9 Å². The first-order chi connectivity index (χ1) is 8.74. The van der Waals surface area contributed by atoms with E-state index in [1.54, 1.807) is 0 Å². The summed E-state index contributed by atoms with van der Waals surface area (Å²) in [4.78, 5) is 2.48. The zero-order chi connectivity index (χ0) is 13.2. The zero-order valence-electron chi connectivity index (χ0n) is 11.6. The van der Waals surface area contributed by atoms with Gasteiger partial charge in [0.05, 0.1) is 0 Å². The lowest BCUT2D eigenvalue weighted by molar-refractivity contribution is 0.245. The molecule has 1 rings (SSSR count). The van der Waals surface area contributed by atoms with Crippen molar-refractivity contribution >= 4 is 5.84 Å². The van der Waals surface area contributed by atoms with Crippen molar-refractivity contribution in [1.29, 1.82) is 0 Å². The van der Waals surface area contributed by atoms with Crippen LogP contribution < -0.4 is 11.1 Å². The van der Waals surface area contributed by atoms with Crippen LogP contribution in [0.1, 0.15) is 44.9 Å².